The van der Waals surface area contributed by atoms with Gasteiger partial charge in [-0.3, -0.25) is 24.6 Å². The van der Waals surface area contributed by atoms with E-state index in [0.717, 1.165) is 0 Å². The van der Waals surface area contributed by atoms with Crippen molar-refractivity contribution in [3.63, 3.8) is 0 Å². The summed E-state index contributed by atoms with van der Waals surface area (Å²) >= 11 is 0. The van der Waals surface area contributed by atoms with Gasteiger partial charge in [-0.1, -0.05) is 13.8 Å². The van der Waals surface area contributed by atoms with E-state index in [4.69, 9.17) is 9.47 Å². The van der Waals surface area contributed by atoms with Crippen LogP contribution in [0.3, 0.4) is 0 Å². The van der Waals surface area contributed by atoms with Gasteiger partial charge < -0.3 is 14.8 Å². The number of imide groups is 1. The smallest absolute Gasteiger partial charge is 0.278 e. The predicted molar refractivity (Wildman–Crippen MR) is 124 cm³/mol. The number of nitro benzene ring substituents is 1. The summed E-state index contributed by atoms with van der Waals surface area (Å²) in [6, 6.07) is 10.7. The zero-order valence-corrected chi connectivity index (χ0v) is 19.1. The van der Waals surface area contributed by atoms with Crippen molar-refractivity contribution in [3.05, 3.63) is 63.8 Å². The van der Waals surface area contributed by atoms with Crippen molar-refractivity contribution in [1.82, 2.24) is 4.90 Å². The van der Waals surface area contributed by atoms with Gasteiger partial charge in [0.2, 0.25) is 0 Å². The molecule has 0 bridgehead atoms. The van der Waals surface area contributed by atoms with Crippen LogP contribution in [0, 0.1) is 16.0 Å². The summed E-state index contributed by atoms with van der Waals surface area (Å²) in [4.78, 5) is 38.1. The molecule has 1 aliphatic rings. The SMILES string of the molecule is CCOc1ccc(NC2=C(c3ccc([N+](=O)[O-])cc3)C(=O)N(CC(C)C)C2=O)cc1OCC. The number of rotatable bonds is 10. The lowest BCUT2D eigenvalue weighted by molar-refractivity contribution is -0.384. The molecule has 2 amide bonds. The van der Waals surface area contributed by atoms with E-state index in [-0.39, 0.29) is 29.4 Å². The van der Waals surface area contributed by atoms with E-state index in [1.165, 1.54) is 29.2 Å². The molecule has 0 unspecified atom stereocenters. The van der Waals surface area contributed by atoms with Crippen LogP contribution in [-0.4, -0.2) is 41.4 Å². The van der Waals surface area contributed by atoms with Crippen LogP contribution in [0.2, 0.25) is 0 Å². The molecule has 9 nitrogen and oxygen atoms in total. The number of non-ortho nitro benzene ring substituents is 1. The van der Waals surface area contributed by atoms with Gasteiger partial charge in [0.05, 0.1) is 23.7 Å². The van der Waals surface area contributed by atoms with Crippen molar-refractivity contribution in [3.8, 4) is 11.5 Å². The number of ether oxygens (including phenoxy) is 2. The normalized spacial score (nSPS) is 13.7. The first-order valence-electron chi connectivity index (χ1n) is 10.8. The van der Waals surface area contributed by atoms with Crippen molar-refractivity contribution in [2.75, 3.05) is 25.1 Å². The van der Waals surface area contributed by atoms with Crippen LogP contribution < -0.4 is 14.8 Å². The number of carbonyl (C=O) groups excluding carboxylic acids is 2. The summed E-state index contributed by atoms with van der Waals surface area (Å²) < 4.78 is 11.2. The Bertz CT molecular complexity index is 1090. The summed E-state index contributed by atoms with van der Waals surface area (Å²) in [6.45, 7) is 8.71. The second kappa shape index (κ2) is 10.2. The van der Waals surface area contributed by atoms with Crippen LogP contribution in [0.25, 0.3) is 5.57 Å². The minimum atomic E-state index is -0.515. The number of nitrogens with zero attached hydrogens (tertiary/aromatic N) is 2. The van der Waals surface area contributed by atoms with Gasteiger partial charge in [0.1, 0.15) is 5.70 Å². The number of carbonyl (C=O) groups is 2. The fourth-order valence-corrected chi connectivity index (χ4v) is 3.51. The van der Waals surface area contributed by atoms with Gasteiger partial charge in [-0.25, -0.2) is 0 Å². The van der Waals surface area contributed by atoms with E-state index in [9.17, 15) is 19.7 Å². The Morgan fingerprint density at radius 2 is 1.61 bits per heavy atom. The number of hydrogen-bond acceptors (Lipinski definition) is 7. The van der Waals surface area contributed by atoms with Crippen LogP contribution in [0.5, 0.6) is 11.5 Å². The van der Waals surface area contributed by atoms with Crippen molar-refractivity contribution in [1.29, 1.82) is 0 Å². The maximum atomic E-state index is 13.2. The molecule has 9 heteroatoms. The molecule has 0 aliphatic carbocycles. The van der Waals surface area contributed by atoms with Gasteiger partial charge in [0.15, 0.2) is 11.5 Å². The molecule has 2 aromatic rings. The van der Waals surface area contributed by atoms with Crippen LogP contribution >= 0.6 is 0 Å². The minimum absolute atomic E-state index is 0.0744. The fourth-order valence-electron chi connectivity index (χ4n) is 3.51. The van der Waals surface area contributed by atoms with Crippen molar-refractivity contribution in [2.45, 2.75) is 27.7 Å². The summed E-state index contributed by atoms with van der Waals surface area (Å²) in [5.74, 6) is 0.266. The molecule has 0 atom stereocenters. The van der Waals surface area contributed by atoms with E-state index >= 15 is 0 Å². The molecule has 0 spiro atoms. The predicted octanol–water partition coefficient (Wildman–Crippen LogP) is 4.24. The first-order chi connectivity index (χ1) is 15.8. The Balaban J connectivity index is 2.05. The van der Waals surface area contributed by atoms with Crippen molar-refractivity contribution < 1.29 is 24.0 Å². The lowest BCUT2D eigenvalue weighted by Crippen LogP contribution is -2.35. The number of nitro groups is 1. The molecule has 1 N–H and O–H groups in total. The van der Waals surface area contributed by atoms with E-state index < -0.39 is 16.7 Å². The first kappa shape index (κ1) is 23.8. The lowest BCUT2D eigenvalue weighted by Gasteiger charge is -2.17. The highest BCUT2D eigenvalue weighted by Crippen LogP contribution is 2.35. The van der Waals surface area contributed by atoms with Crippen molar-refractivity contribution >= 4 is 28.8 Å². The third-order valence-electron chi connectivity index (χ3n) is 4.90. The Hall–Kier alpha value is -3.88. The van der Waals surface area contributed by atoms with Crippen LogP contribution in [0.4, 0.5) is 11.4 Å². The number of benzene rings is 2. The van der Waals surface area contributed by atoms with E-state index in [2.05, 4.69) is 5.32 Å². The van der Waals surface area contributed by atoms with Crippen molar-refractivity contribution in [2.24, 2.45) is 5.92 Å². The quantitative estimate of drug-likeness (QED) is 0.325. The number of anilines is 1. The number of amides is 2. The van der Waals surface area contributed by atoms with Crippen LogP contribution in [0.1, 0.15) is 33.3 Å². The summed E-state index contributed by atoms with van der Waals surface area (Å²) in [5, 5.41) is 14.1. The summed E-state index contributed by atoms with van der Waals surface area (Å²) in [6.07, 6.45) is 0. The van der Waals surface area contributed by atoms with Gasteiger partial charge in [-0.05, 0) is 49.6 Å². The van der Waals surface area contributed by atoms with Gasteiger partial charge in [-0.15, -0.1) is 0 Å². The molecule has 3 rings (SSSR count). The average Bonchev–Trinajstić information content (AvgIpc) is 2.99. The first-order valence-corrected chi connectivity index (χ1v) is 10.8. The Labute approximate surface area is 192 Å². The van der Waals surface area contributed by atoms with Gasteiger partial charge in [0.25, 0.3) is 17.5 Å². The van der Waals surface area contributed by atoms with Gasteiger partial charge >= 0.3 is 0 Å². The Kier molecular flexibility index (Phi) is 7.32. The molecule has 0 saturated heterocycles. The molecule has 33 heavy (non-hydrogen) atoms. The highest BCUT2D eigenvalue weighted by Gasteiger charge is 2.39. The molecular formula is C24H27N3O6. The summed E-state index contributed by atoms with van der Waals surface area (Å²) in [7, 11) is 0. The number of hydrogen-bond donors (Lipinski definition) is 1. The van der Waals surface area contributed by atoms with E-state index in [0.29, 0.717) is 36.0 Å². The second-order valence-electron chi connectivity index (χ2n) is 7.82. The lowest BCUT2D eigenvalue weighted by atomic mass is 10.0. The molecule has 0 radical (unpaired) electrons. The molecule has 1 heterocycles. The maximum Gasteiger partial charge on any atom is 0.278 e. The topological polar surface area (TPSA) is 111 Å². The van der Waals surface area contributed by atoms with E-state index in [1.807, 2.05) is 27.7 Å². The molecule has 0 fully saturated rings. The third kappa shape index (κ3) is 5.14. The van der Waals surface area contributed by atoms with Crippen LogP contribution in [-0.2, 0) is 9.59 Å². The largest absolute Gasteiger partial charge is 0.490 e. The fraction of sp³-hybridized carbons (Fsp3) is 0.333. The Morgan fingerprint density at radius 3 is 2.18 bits per heavy atom. The molecule has 0 saturated carbocycles. The minimum Gasteiger partial charge on any atom is -0.490 e. The summed E-state index contributed by atoms with van der Waals surface area (Å²) in [5.41, 5.74) is 1.15. The van der Waals surface area contributed by atoms with Gasteiger partial charge in [-0.2, -0.15) is 0 Å². The number of nitrogens with one attached hydrogen (secondary N) is 1. The standard InChI is InChI=1S/C24H27N3O6/c1-5-32-19-12-9-17(13-20(19)33-6-2)25-22-21(16-7-10-18(11-8-16)27(30)31)23(28)26(24(22)29)14-15(3)4/h7-13,15,25H,5-6,14H2,1-4H3. The molecule has 174 valence electrons. The van der Waals surface area contributed by atoms with Gasteiger partial charge in [0, 0.05) is 30.4 Å². The zero-order valence-electron chi connectivity index (χ0n) is 19.1. The monoisotopic (exact) mass is 453 g/mol. The zero-order chi connectivity index (χ0) is 24.1. The highest BCUT2D eigenvalue weighted by atomic mass is 16.6. The maximum absolute atomic E-state index is 13.2. The molecule has 0 aromatic heterocycles. The molecule has 1 aliphatic heterocycles. The van der Waals surface area contributed by atoms with Crippen LogP contribution in [0.15, 0.2) is 48.2 Å². The molecular weight excluding hydrogens is 426 g/mol. The second-order valence-corrected chi connectivity index (χ2v) is 7.82. The average molecular weight is 453 g/mol. The van der Waals surface area contributed by atoms with E-state index in [1.54, 1.807) is 18.2 Å². The highest BCUT2D eigenvalue weighted by molar-refractivity contribution is 6.36. The Morgan fingerprint density at radius 1 is 0.970 bits per heavy atom. The molecule has 2 aromatic carbocycles. The third-order valence-corrected chi connectivity index (χ3v) is 4.90.